The van der Waals surface area contributed by atoms with E-state index in [4.69, 9.17) is 17.3 Å². The molecule has 7 heteroatoms. The van der Waals surface area contributed by atoms with Gasteiger partial charge in [-0.15, -0.1) is 6.58 Å². The van der Waals surface area contributed by atoms with E-state index in [1.165, 1.54) is 0 Å². The molecule has 1 aromatic carbocycles. The summed E-state index contributed by atoms with van der Waals surface area (Å²) in [4.78, 5) is 20.2. The van der Waals surface area contributed by atoms with E-state index in [2.05, 4.69) is 21.8 Å². The SMILES string of the molecule is C=CCNC(N)=NCC(=O)N1CCN(c2ccc(Cl)cc2)CC1. The van der Waals surface area contributed by atoms with Crippen molar-refractivity contribution >= 4 is 29.2 Å². The van der Waals surface area contributed by atoms with Crippen molar-refractivity contribution in [1.82, 2.24) is 10.2 Å². The van der Waals surface area contributed by atoms with Crippen LogP contribution in [0.25, 0.3) is 0 Å². The lowest BCUT2D eigenvalue weighted by Crippen LogP contribution is -2.49. The second-order valence-electron chi connectivity index (χ2n) is 5.22. The molecule has 2 rings (SSSR count). The summed E-state index contributed by atoms with van der Waals surface area (Å²) in [7, 11) is 0. The highest BCUT2D eigenvalue weighted by Gasteiger charge is 2.20. The van der Waals surface area contributed by atoms with Gasteiger partial charge < -0.3 is 20.9 Å². The normalized spacial score (nSPS) is 15.4. The van der Waals surface area contributed by atoms with Gasteiger partial charge in [0.2, 0.25) is 5.91 Å². The number of halogens is 1. The first kappa shape index (κ1) is 17.1. The van der Waals surface area contributed by atoms with Crippen molar-refractivity contribution < 1.29 is 4.79 Å². The van der Waals surface area contributed by atoms with E-state index in [0.717, 1.165) is 23.8 Å². The minimum absolute atomic E-state index is 0.0101. The number of guanidine groups is 1. The predicted octanol–water partition coefficient (Wildman–Crippen LogP) is 1.08. The van der Waals surface area contributed by atoms with Gasteiger partial charge in [-0.25, -0.2) is 4.99 Å². The Bertz CT molecular complexity index is 564. The van der Waals surface area contributed by atoms with Crippen LogP contribution >= 0.6 is 11.6 Å². The van der Waals surface area contributed by atoms with Crippen molar-refractivity contribution in [3.05, 3.63) is 41.9 Å². The Kier molecular flexibility index (Phi) is 6.29. The summed E-state index contributed by atoms with van der Waals surface area (Å²) in [6.07, 6.45) is 1.68. The number of benzene rings is 1. The largest absolute Gasteiger partial charge is 0.370 e. The third kappa shape index (κ3) is 5.17. The maximum absolute atomic E-state index is 12.1. The van der Waals surface area contributed by atoms with Crippen LogP contribution in [-0.4, -0.2) is 56.0 Å². The Morgan fingerprint density at radius 1 is 1.30 bits per heavy atom. The number of nitrogens with zero attached hydrogens (tertiary/aromatic N) is 3. The first-order valence-corrected chi connectivity index (χ1v) is 7.91. The summed E-state index contributed by atoms with van der Waals surface area (Å²) in [5.74, 6) is 0.252. The van der Waals surface area contributed by atoms with Gasteiger partial charge in [0.1, 0.15) is 6.54 Å². The van der Waals surface area contributed by atoms with Crippen LogP contribution in [-0.2, 0) is 4.79 Å². The molecule has 1 amide bonds. The van der Waals surface area contributed by atoms with E-state index < -0.39 is 0 Å². The fraction of sp³-hybridized carbons (Fsp3) is 0.375. The fourth-order valence-corrected chi connectivity index (χ4v) is 2.48. The third-order valence-electron chi connectivity index (χ3n) is 3.64. The number of aliphatic imine (C=N–C) groups is 1. The minimum Gasteiger partial charge on any atom is -0.370 e. The quantitative estimate of drug-likeness (QED) is 0.480. The monoisotopic (exact) mass is 335 g/mol. The molecule has 3 N–H and O–H groups in total. The molecule has 1 heterocycles. The number of nitrogens with two attached hydrogens (primary N) is 1. The number of hydrogen-bond donors (Lipinski definition) is 2. The summed E-state index contributed by atoms with van der Waals surface area (Å²) in [5, 5.41) is 3.57. The van der Waals surface area contributed by atoms with Crippen molar-refractivity contribution in [2.45, 2.75) is 0 Å². The molecule has 1 aromatic rings. The van der Waals surface area contributed by atoms with Crippen LogP contribution in [0, 0.1) is 0 Å². The molecule has 0 aliphatic carbocycles. The predicted molar refractivity (Wildman–Crippen MR) is 94.9 cm³/mol. The standard InChI is InChI=1S/C16H22ClN5O/c1-2-7-19-16(18)20-12-15(23)22-10-8-21(9-11-22)14-5-3-13(17)4-6-14/h2-6H,1,7-12H2,(H3,18,19,20). The highest BCUT2D eigenvalue weighted by atomic mass is 35.5. The Balaban J connectivity index is 1.80. The Labute approximate surface area is 141 Å². The molecule has 23 heavy (non-hydrogen) atoms. The van der Waals surface area contributed by atoms with E-state index in [9.17, 15) is 4.79 Å². The zero-order valence-electron chi connectivity index (χ0n) is 13.0. The zero-order valence-corrected chi connectivity index (χ0v) is 13.8. The molecule has 1 fully saturated rings. The van der Waals surface area contributed by atoms with E-state index in [1.54, 1.807) is 6.08 Å². The fourth-order valence-electron chi connectivity index (χ4n) is 2.35. The summed E-state index contributed by atoms with van der Waals surface area (Å²) < 4.78 is 0. The number of amides is 1. The molecule has 0 radical (unpaired) electrons. The number of anilines is 1. The number of piperazine rings is 1. The first-order valence-electron chi connectivity index (χ1n) is 7.53. The molecular formula is C16H22ClN5O. The number of carbonyl (C=O) groups is 1. The smallest absolute Gasteiger partial charge is 0.244 e. The van der Waals surface area contributed by atoms with E-state index in [-0.39, 0.29) is 18.4 Å². The summed E-state index contributed by atoms with van der Waals surface area (Å²) in [6, 6.07) is 7.75. The first-order chi connectivity index (χ1) is 11.1. The van der Waals surface area contributed by atoms with E-state index >= 15 is 0 Å². The third-order valence-corrected chi connectivity index (χ3v) is 3.89. The molecular weight excluding hydrogens is 314 g/mol. The average Bonchev–Trinajstić information content (AvgIpc) is 2.58. The molecule has 1 aliphatic heterocycles. The molecule has 1 aliphatic rings. The van der Waals surface area contributed by atoms with E-state index in [0.29, 0.717) is 19.6 Å². The lowest BCUT2D eigenvalue weighted by atomic mass is 10.2. The maximum atomic E-state index is 12.1. The van der Waals surface area contributed by atoms with Gasteiger partial charge in [-0.3, -0.25) is 4.79 Å². The van der Waals surface area contributed by atoms with Crippen molar-refractivity contribution in [2.24, 2.45) is 10.7 Å². The van der Waals surface area contributed by atoms with Gasteiger partial charge in [-0.2, -0.15) is 0 Å². The summed E-state index contributed by atoms with van der Waals surface area (Å²) >= 11 is 5.90. The Hall–Kier alpha value is -2.21. The van der Waals surface area contributed by atoms with Gasteiger partial charge in [0, 0.05) is 43.4 Å². The lowest BCUT2D eigenvalue weighted by molar-refractivity contribution is -0.129. The molecule has 6 nitrogen and oxygen atoms in total. The average molecular weight is 336 g/mol. The minimum atomic E-state index is -0.0101. The Morgan fingerprint density at radius 3 is 2.57 bits per heavy atom. The molecule has 0 spiro atoms. The molecule has 0 bridgehead atoms. The van der Waals surface area contributed by atoms with Gasteiger partial charge in [0.05, 0.1) is 0 Å². The highest BCUT2D eigenvalue weighted by molar-refractivity contribution is 6.30. The van der Waals surface area contributed by atoms with Crippen LogP contribution in [0.5, 0.6) is 0 Å². The number of rotatable bonds is 5. The summed E-state index contributed by atoms with van der Waals surface area (Å²) in [5.41, 5.74) is 6.77. The molecule has 1 saturated heterocycles. The van der Waals surface area contributed by atoms with E-state index in [1.807, 2.05) is 29.2 Å². The van der Waals surface area contributed by atoms with Gasteiger partial charge in [0.25, 0.3) is 0 Å². The van der Waals surface area contributed by atoms with Gasteiger partial charge in [0.15, 0.2) is 5.96 Å². The number of nitrogens with one attached hydrogen (secondary N) is 1. The van der Waals surface area contributed by atoms with Gasteiger partial charge >= 0.3 is 0 Å². The van der Waals surface area contributed by atoms with Crippen LogP contribution < -0.4 is 16.0 Å². The molecule has 0 aromatic heterocycles. The van der Waals surface area contributed by atoms with Crippen LogP contribution in [0.2, 0.25) is 5.02 Å². The van der Waals surface area contributed by atoms with Crippen LogP contribution in [0.1, 0.15) is 0 Å². The Morgan fingerprint density at radius 2 is 1.96 bits per heavy atom. The topological polar surface area (TPSA) is 74.0 Å². The van der Waals surface area contributed by atoms with Crippen LogP contribution in [0.4, 0.5) is 5.69 Å². The second-order valence-corrected chi connectivity index (χ2v) is 5.65. The number of hydrogen-bond acceptors (Lipinski definition) is 3. The molecule has 124 valence electrons. The lowest BCUT2D eigenvalue weighted by Gasteiger charge is -2.36. The van der Waals surface area contributed by atoms with Gasteiger partial charge in [-0.1, -0.05) is 17.7 Å². The van der Waals surface area contributed by atoms with Gasteiger partial charge in [-0.05, 0) is 24.3 Å². The molecule has 0 unspecified atom stereocenters. The van der Waals surface area contributed by atoms with Crippen LogP contribution in [0.3, 0.4) is 0 Å². The van der Waals surface area contributed by atoms with Crippen molar-refractivity contribution in [1.29, 1.82) is 0 Å². The number of carbonyl (C=O) groups excluding carboxylic acids is 1. The highest BCUT2D eigenvalue weighted by Crippen LogP contribution is 2.19. The zero-order chi connectivity index (χ0) is 16.7. The molecule has 0 atom stereocenters. The second kappa shape index (κ2) is 8.43. The van der Waals surface area contributed by atoms with Crippen molar-refractivity contribution in [3.63, 3.8) is 0 Å². The van der Waals surface area contributed by atoms with Crippen molar-refractivity contribution in [2.75, 3.05) is 44.2 Å². The van der Waals surface area contributed by atoms with Crippen molar-refractivity contribution in [3.8, 4) is 0 Å². The summed E-state index contributed by atoms with van der Waals surface area (Å²) in [6.45, 7) is 7.12. The maximum Gasteiger partial charge on any atom is 0.244 e. The van der Waals surface area contributed by atoms with Crippen LogP contribution in [0.15, 0.2) is 41.9 Å². The molecule has 0 saturated carbocycles.